The SMILES string of the molecule is C[Si](C)(CCCC#N)OCc1ccc(Cl)c([N+](=O)[O-])c1. The summed E-state index contributed by atoms with van der Waals surface area (Å²) in [5, 5.41) is 19.5. The molecule has 0 bridgehead atoms. The minimum absolute atomic E-state index is 0.100. The van der Waals surface area contributed by atoms with Gasteiger partial charge in [-0.25, -0.2) is 0 Å². The van der Waals surface area contributed by atoms with Crippen molar-refractivity contribution in [2.24, 2.45) is 0 Å². The molecule has 0 heterocycles. The third-order valence-electron chi connectivity index (χ3n) is 2.90. The number of benzene rings is 1. The number of rotatable bonds is 7. The monoisotopic (exact) mass is 312 g/mol. The Morgan fingerprint density at radius 2 is 2.20 bits per heavy atom. The van der Waals surface area contributed by atoms with Gasteiger partial charge in [0.25, 0.3) is 5.69 Å². The quantitative estimate of drug-likeness (QED) is 0.326. The van der Waals surface area contributed by atoms with Gasteiger partial charge in [0, 0.05) is 12.5 Å². The van der Waals surface area contributed by atoms with Gasteiger partial charge in [-0.2, -0.15) is 5.26 Å². The zero-order chi connectivity index (χ0) is 15.2. The van der Waals surface area contributed by atoms with Crippen LogP contribution in [0.25, 0.3) is 0 Å². The number of unbranched alkanes of at least 4 members (excludes halogenated alkanes) is 1. The van der Waals surface area contributed by atoms with E-state index in [9.17, 15) is 10.1 Å². The van der Waals surface area contributed by atoms with Crippen LogP contribution in [-0.4, -0.2) is 13.2 Å². The molecule has 1 rings (SSSR count). The lowest BCUT2D eigenvalue weighted by atomic mass is 10.2. The molecule has 5 nitrogen and oxygen atoms in total. The normalized spacial score (nSPS) is 11.1. The van der Waals surface area contributed by atoms with Crippen LogP contribution in [0.4, 0.5) is 5.69 Å². The predicted octanol–water partition coefficient (Wildman–Crippen LogP) is 4.27. The maximum Gasteiger partial charge on any atom is 0.288 e. The van der Waals surface area contributed by atoms with Gasteiger partial charge in [0.1, 0.15) is 5.02 Å². The van der Waals surface area contributed by atoms with E-state index in [2.05, 4.69) is 19.2 Å². The second-order valence-corrected chi connectivity index (χ2v) is 9.82. The summed E-state index contributed by atoms with van der Waals surface area (Å²) in [4.78, 5) is 10.3. The topological polar surface area (TPSA) is 76.2 Å². The highest BCUT2D eigenvalue weighted by atomic mass is 35.5. The zero-order valence-corrected chi connectivity index (χ0v) is 13.3. The number of nitrogens with zero attached hydrogens (tertiary/aromatic N) is 2. The molecular weight excluding hydrogens is 296 g/mol. The van der Waals surface area contributed by atoms with E-state index in [1.807, 2.05) is 0 Å². The molecule has 0 radical (unpaired) electrons. The Morgan fingerprint density at radius 3 is 2.80 bits per heavy atom. The van der Waals surface area contributed by atoms with E-state index in [-0.39, 0.29) is 10.7 Å². The van der Waals surface area contributed by atoms with E-state index >= 15 is 0 Å². The van der Waals surface area contributed by atoms with Crippen LogP contribution in [0.1, 0.15) is 18.4 Å². The van der Waals surface area contributed by atoms with Crippen molar-refractivity contribution in [3.05, 3.63) is 38.9 Å². The van der Waals surface area contributed by atoms with Gasteiger partial charge >= 0.3 is 0 Å². The Morgan fingerprint density at radius 1 is 1.50 bits per heavy atom. The molecule has 108 valence electrons. The summed E-state index contributed by atoms with van der Waals surface area (Å²) in [5.74, 6) is 0. The average Bonchev–Trinajstić information content (AvgIpc) is 2.37. The van der Waals surface area contributed by atoms with Crippen LogP contribution in [0, 0.1) is 21.4 Å². The zero-order valence-electron chi connectivity index (χ0n) is 11.6. The fourth-order valence-electron chi connectivity index (χ4n) is 1.73. The van der Waals surface area contributed by atoms with Crippen molar-refractivity contribution in [2.75, 3.05) is 0 Å². The third-order valence-corrected chi connectivity index (χ3v) is 5.71. The molecule has 0 aliphatic rings. The van der Waals surface area contributed by atoms with Crippen molar-refractivity contribution in [1.29, 1.82) is 5.26 Å². The van der Waals surface area contributed by atoms with Crippen molar-refractivity contribution in [3.63, 3.8) is 0 Å². The summed E-state index contributed by atoms with van der Waals surface area (Å²) in [7, 11) is -1.84. The molecule has 0 aliphatic heterocycles. The number of hydrogen-bond donors (Lipinski definition) is 0. The van der Waals surface area contributed by atoms with Gasteiger partial charge in [0.15, 0.2) is 8.32 Å². The molecule has 0 spiro atoms. The standard InChI is InChI=1S/C13H17ClN2O3Si/c1-20(2,8-4-3-7-15)19-10-11-5-6-12(14)13(9-11)16(17)18/h5-6,9H,3-4,8,10H2,1-2H3. The number of nitriles is 1. The van der Waals surface area contributed by atoms with Gasteiger partial charge in [-0.1, -0.05) is 17.7 Å². The fourth-order valence-corrected chi connectivity index (χ4v) is 3.65. The van der Waals surface area contributed by atoms with Gasteiger partial charge in [-0.15, -0.1) is 0 Å². The smallest absolute Gasteiger partial charge is 0.288 e. The van der Waals surface area contributed by atoms with E-state index in [0.717, 1.165) is 18.0 Å². The van der Waals surface area contributed by atoms with Gasteiger partial charge in [0.2, 0.25) is 0 Å². The largest absolute Gasteiger partial charge is 0.413 e. The van der Waals surface area contributed by atoms with Crippen molar-refractivity contribution in [3.8, 4) is 6.07 Å². The molecular formula is C13H17ClN2O3Si. The maximum atomic E-state index is 10.8. The van der Waals surface area contributed by atoms with Crippen molar-refractivity contribution in [1.82, 2.24) is 0 Å². The first-order chi connectivity index (χ1) is 9.35. The highest BCUT2D eigenvalue weighted by Crippen LogP contribution is 2.26. The predicted molar refractivity (Wildman–Crippen MR) is 80.0 cm³/mol. The lowest BCUT2D eigenvalue weighted by Gasteiger charge is -2.22. The second-order valence-electron chi connectivity index (χ2n) is 5.10. The molecule has 20 heavy (non-hydrogen) atoms. The van der Waals surface area contributed by atoms with Crippen molar-refractivity contribution >= 4 is 25.6 Å². The third kappa shape index (κ3) is 5.29. The summed E-state index contributed by atoms with van der Waals surface area (Å²) in [5.41, 5.74) is 0.638. The minimum atomic E-state index is -1.84. The second kappa shape index (κ2) is 7.38. The molecule has 0 N–H and O–H groups in total. The van der Waals surface area contributed by atoms with Gasteiger partial charge < -0.3 is 4.43 Å². The number of nitro benzene ring substituents is 1. The van der Waals surface area contributed by atoms with E-state index in [1.54, 1.807) is 6.07 Å². The van der Waals surface area contributed by atoms with E-state index in [1.165, 1.54) is 12.1 Å². The summed E-state index contributed by atoms with van der Waals surface area (Å²) in [6.07, 6.45) is 1.36. The molecule has 1 aromatic carbocycles. The van der Waals surface area contributed by atoms with Crippen molar-refractivity contribution < 1.29 is 9.35 Å². The molecule has 7 heteroatoms. The highest BCUT2D eigenvalue weighted by molar-refractivity contribution is 6.71. The first-order valence-electron chi connectivity index (χ1n) is 6.29. The summed E-state index contributed by atoms with van der Waals surface area (Å²) >= 11 is 5.76. The Balaban J connectivity index is 2.63. The molecule has 0 saturated heterocycles. The summed E-state index contributed by atoms with van der Waals surface area (Å²) in [6, 6.07) is 7.71. The lowest BCUT2D eigenvalue weighted by molar-refractivity contribution is -0.384. The molecule has 0 aromatic heterocycles. The van der Waals surface area contributed by atoms with Crippen LogP contribution in [-0.2, 0) is 11.0 Å². The van der Waals surface area contributed by atoms with Gasteiger partial charge in [-0.3, -0.25) is 10.1 Å². The van der Waals surface area contributed by atoms with Crippen LogP contribution in [0.15, 0.2) is 18.2 Å². The van der Waals surface area contributed by atoms with Crippen LogP contribution in [0.5, 0.6) is 0 Å². The molecule has 0 unspecified atom stereocenters. The highest BCUT2D eigenvalue weighted by Gasteiger charge is 2.22. The molecule has 0 aliphatic carbocycles. The summed E-state index contributed by atoms with van der Waals surface area (Å²) in [6.45, 7) is 4.49. The van der Waals surface area contributed by atoms with E-state index < -0.39 is 13.2 Å². The molecule has 0 amide bonds. The summed E-state index contributed by atoms with van der Waals surface area (Å²) < 4.78 is 5.90. The molecule has 0 saturated carbocycles. The molecule has 0 atom stereocenters. The number of halogens is 1. The van der Waals surface area contributed by atoms with Gasteiger partial charge in [0.05, 0.1) is 17.6 Å². The van der Waals surface area contributed by atoms with Crippen LogP contribution in [0.3, 0.4) is 0 Å². The Bertz CT molecular complexity index is 529. The number of hydrogen-bond acceptors (Lipinski definition) is 4. The maximum absolute atomic E-state index is 10.8. The fraction of sp³-hybridized carbons (Fsp3) is 0.462. The Hall–Kier alpha value is -1.42. The van der Waals surface area contributed by atoms with Crippen LogP contribution < -0.4 is 0 Å². The lowest BCUT2D eigenvalue weighted by Crippen LogP contribution is -2.29. The molecule has 0 fully saturated rings. The average molecular weight is 313 g/mol. The first kappa shape index (κ1) is 16.6. The number of nitro groups is 1. The Labute approximate surface area is 124 Å². The Kier molecular flexibility index (Phi) is 6.14. The van der Waals surface area contributed by atoms with E-state index in [4.69, 9.17) is 21.3 Å². The minimum Gasteiger partial charge on any atom is -0.413 e. The van der Waals surface area contributed by atoms with Crippen LogP contribution >= 0.6 is 11.6 Å². The van der Waals surface area contributed by atoms with E-state index in [0.29, 0.717) is 13.0 Å². The van der Waals surface area contributed by atoms with Crippen LogP contribution in [0.2, 0.25) is 24.2 Å². The first-order valence-corrected chi connectivity index (χ1v) is 9.79. The molecule has 1 aromatic rings. The van der Waals surface area contributed by atoms with Gasteiger partial charge in [-0.05, 0) is 37.2 Å². The van der Waals surface area contributed by atoms with Crippen molar-refractivity contribution in [2.45, 2.75) is 38.6 Å².